The molecular formula is C9H18N2S. The molecule has 12 heavy (non-hydrogen) atoms. The molecule has 0 amide bonds. The molecule has 3 heteroatoms. The largest absolute Gasteiger partial charge is 0.241 e. The first-order valence-corrected chi connectivity index (χ1v) is 5.09. The van der Waals surface area contributed by atoms with Crippen molar-refractivity contribution in [1.29, 1.82) is 0 Å². The van der Waals surface area contributed by atoms with Crippen LogP contribution in [0.25, 0.3) is 0 Å². The van der Waals surface area contributed by atoms with Gasteiger partial charge in [-0.3, -0.25) is 0 Å². The average Bonchev–Trinajstić information content (AvgIpc) is 2.89. The van der Waals surface area contributed by atoms with Gasteiger partial charge in [0.25, 0.3) is 0 Å². The predicted molar refractivity (Wildman–Crippen MR) is 56.3 cm³/mol. The molecule has 1 aliphatic rings. The van der Waals surface area contributed by atoms with Crippen molar-refractivity contribution in [3.05, 3.63) is 21.9 Å². The van der Waals surface area contributed by atoms with Gasteiger partial charge in [0.05, 0.1) is 6.67 Å². The number of thiophene rings is 1. The number of hydrazine groups is 1. The third kappa shape index (κ3) is 7.72. The molecule has 0 bridgehead atoms. The molecule has 0 unspecified atom stereocenters. The first-order chi connectivity index (χ1) is 5.79. The van der Waals surface area contributed by atoms with Crippen LogP contribution in [-0.2, 0) is 0 Å². The minimum atomic E-state index is 1.00. The Kier molecular flexibility index (Phi) is 7.05. The first-order valence-electron chi connectivity index (χ1n) is 4.28. The average molecular weight is 186 g/mol. The molecule has 0 aromatic carbocycles. The highest BCUT2D eigenvalue weighted by atomic mass is 32.1. The summed E-state index contributed by atoms with van der Waals surface area (Å²) >= 11 is 1.84. The van der Waals surface area contributed by atoms with Gasteiger partial charge in [0, 0.05) is 9.75 Å². The highest BCUT2D eigenvalue weighted by Crippen LogP contribution is 2.11. The Morgan fingerprint density at radius 2 is 1.42 bits per heavy atom. The third-order valence-corrected chi connectivity index (χ3v) is 1.97. The Labute approximate surface area is 79.0 Å². The van der Waals surface area contributed by atoms with Gasteiger partial charge in [-0.2, -0.15) is 0 Å². The highest BCUT2D eigenvalue weighted by Gasteiger charge is 1.87. The molecule has 1 aromatic heterocycles. The second-order valence-corrected chi connectivity index (χ2v) is 3.68. The van der Waals surface area contributed by atoms with Crippen molar-refractivity contribution in [1.82, 2.24) is 10.9 Å². The van der Waals surface area contributed by atoms with Crippen LogP contribution in [0.4, 0.5) is 0 Å². The Hall–Kier alpha value is -0.380. The van der Waals surface area contributed by atoms with Gasteiger partial charge >= 0.3 is 0 Å². The van der Waals surface area contributed by atoms with E-state index in [4.69, 9.17) is 0 Å². The molecule has 1 aliphatic heterocycles. The summed E-state index contributed by atoms with van der Waals surface area (Å²) in [6.45, 7) is 9.25. The van der Waals surface area contributed by atoms with Gasteiger partial charge < -0.3 is 0 Å². The fraction of sp³-hybridized carbons (Fsp3) is 0.556. The number of nitrogens with one attached hydrogen (secondary N) is 2. The lowest BCUT2D eigenvalue weighted by Crippen LogP contribution is -1.71. The maximum absolute atomic E-state index is 2.75. The molecule has 0 atom stereocenters. The zero-order chi connectivity index (χ0) is 9.40. The van der Waals surface area contributed by atoms with E-state index in [1.165, 1.54) is 9.75 Å². The first kappa shape index (κ1) is 11.6. The zero-order valence-electron chi connectivity index (χ0n) is 8.27. The van der Waals surface area contributed by atoms with Crippen LogP contribution >= 0.6 is 11.3 Å². The fourth-order valence-corrected chi connectivity index (χ4v) is 1.34. The molecule has 0 aliphatic carbocycles. The van der Waals surface area contributed by atoms with E-state index in [2.05, 4.69) is 36.8 Å². The van der Waals surface area contributed by atoms with E-state index in [1.807, 2.05) is 25.2 Å². The monoisotopic (exact) mass is 186 g/mol. The highest BCUT2D eigenvalue weighted by molar-refractivity contribution is 7.11. The molecular weight excluding hydrogens is 168 g/mol. The van der Waals surface area contributed by atoms with E-state index in [0.29, 0.717) is 0 Å². The van der Waals surface area contributed by atoms with Crippen LogP contribution in [0, 0.1) is 13.8 Å². The Bertz CT molecular complexity index is 175. The molecule has 2 N–H and O–H groups in total. The van der Waals surface area contributed by atoms with Crippen LogP contribution in [0.3, 0.4) is 0 Å². The summed E-state index contributed by atoms with van der Waals surface area (Å²) in [5, 5.41) is 0. The lowest BCUT2D eigenvalue weighted by Gasteiger charge is -1.71. The lowest BCUT2D eigenvalue weighted by molar-refractivity contribution is 1.17. The minimum absolute atomic E-state index is 1.00. The molecule has 1 aromatic rings. The van der Waals surface area contributed by atoms with Crippen LogP contribution in [0.15, 0.2) is 12.1 Å². The summed E-state index contributed by atoms with van der Waals surface area (Å²) < 4.78 is 0. The van der Waals surface area contributed by atoms with Crippen molar-refractivity contribution >= 4 is 11.3 Å². The van der Waals surface area contributed by atoms with Crippen LogP contribution in [0.2, 0.25) is 0 Å². The summed E-state index contributed by atoms with van der Waals surface area (Å²) in [5.41, 5.74) is 5.50. The molecule has 2 rings (SSSR count). The fourth-order valence-electron chi connectivity index (χ4n) is 0.557. The molecule has 1 saturated heterocycles. The van der Waals surface area contributed by atoms with Crippen molar-refractivity contribution in [2.45, 2.75) is 27.7 Å². The quantitative estimate of drug-likeness (QED) is 0.611. The Morgan fingerprint density at radius 1 is 1.08 bits per heavy atom. The van der Waals surface area contributed by atoms with Crippen molar-refractivity contribution in [2.75, 3.05) is 6.67 Å². The summed E-state index contributed by atoms with van der Waals surface area (Å²) in [4.78, 5) is 2.80. The summed E-state index contributed by atoms with van der Waals surface area (Å²) in [7, 11) is 0. The summed E-state index contributed by atoms with van der Waals surface area (Å²) in [6, 6.07) is 4.28. The van der Waals surface area contributed by atoms with E-state index in [-0.39, 0.29) is 0 Å². The van der Waals surface area contributed by atoms with E-state index < -0.39 is 0 Å². The molecule has 0 radical (unpaired) electrons. The second kappa shape index (κ2) is 7.28. The van der Waals surface area contributed by atoms with Crippen molar-refractivity contribution in [3.8, 4) is 0 Å². The molecule has 0 spiro atoms. The van der Waals surface area contributed by atoms with E-state index >= 15 is 0 Å². The van der Waals surface area contributed by atoms with Gasteiger partial charge in [-0.1, -0.05) is 13.8 Å². The van der Waals surface area contributed by atoms with Crippen molar-refractivity contribution in [2.24, 2.45) is 0 Å². The van der Waals surface area contributed by atoms with Crippen LogP contribution in [0.1, 0.15) is 23.6 Å². The normalized spacial score (nSPS) is 12.0. The van der Waals surface area contributed by atoms with Crippen LogP contribution in [0.5, 0.6) is 0 Å². The van der Waals surface area contributed by atoms with E-state index in [9.17, 15) is 0 Å². The number of aryl methyl sites for hydroxylation is 2. The zero-order valence-corrected chi connectivity index (χ0v) is 9.09. The van der Waals surface area contributed by atoms with Crippen molar-refractivity contribution in [3.63, 3.8) is 0 Å². The second-order valence-electron chi connectivity index (χ2n) is 2.19. The maximum atomic E-state index is 2.75. The maximum Gasteiger partial charge on any atom is 0.0721 e. The topological polar surface area (TPSA) is 43.9 Å². The minimum Gasteiger partial charge on any atom is -0.241 e. The standard InChI is InChI=1S/C6H8S.C2H6.CH4N2/c1-5-3-4-6(2)7-5;1-2;1-2-3-1/h3-4H,1-2H3;1-2H3;2-3H,1H2. The number of hydrogen-bond donors (Lipinski definition) is 2. The summed E-state index contributed by atoms with van der Waals surface area (Å²) in [5.74, 6) is 0. The smallest absolute Gasteiger partial charge is 0.0721 e. The predicted octanol–water partition coefficient (Wildman–Crippen LogP) is 2.44. The van der Waals surface area contributed by atoms with Crippen LogP contribution < -0.4 is 10.9 Å². The van der Waals surface area contributed by atoms with Gasteiger partial charge in [-0.15, -0.1) is 11.3 Å². The molecule has 2 nitrogen and oxygen atoms in total. The molecule has 0 saturated carbocycles. The molecule has 2 heterocycles. The molecule has 1 fully saturated rings. The third-order valence-electron chi connectivity index (χ3n) is 1.05. The van der Waals surface area contributed by atoms with Gasteiger partial charge in [0.15, 0.2) is 0 Å². The van der Waals surface area contributed by atoms with E-state index in [1.54, 1.807) is 0 Å². The van der Waals surface area contributed by atoms with Gasteiger partial charge in [-0.25, -0.2) is 10.9 Å². The SMILES string of the molecule is C1NN1.CC.Cc1ccc(C)s1. The van der Waals surface area contributed by atoms with Gasteiger partial charge in [0.2, 0.25) is 0 Å². The van der Waals surface area contributed by atoms with Crippen LogP contribution in [-0.4, -0.2) is 6.67 Å². The summed E-state index contributed by atoms with van der Waals surface area (Å²) in [6.07, 6.45) is 0. The Balaban J connectivity index is 0.000000202. The van der Waals surface area contributed by atoms with E-state index in [0.717, 1.165) is 6.67 Å². The van der Waals surface area contributed by atoms with Gasteiger partial charge in [0.1, 0.15) is 0 Å². The Morgan fingerprint density at radius 3 is 1.50 bits per heavy atom. The number of hydrogen-bond acceptors (Lipinski definition) is 3. The van der Waals surface area contributed by atoms with Crippen molar-refractivity contribution < 1.29 is 0 Å². The number of rotatable bonds is 0. The van der Waals surface area contributed by atoms with Gasteiger partial charge in [-0.05, 0) is 26.0 Å². The lowest BCUT2D eigenvalue weighted by atomic mass is 10.5. The molecule has 70 valence electrons.